The summed E-state index contributed by atoms with van der Waals surface area (Å²) in [5, 5.41) is 15.5. The predicted octanol–water partition coefficient (Wildman–Crippen LogP) is 2.67. The fourth-order valence-electron chi connectivity index (χ4n) is 2.02. The van der Waals surface area contributed by atoms with Crippen LogP contribution in [0.3, 0.4) is 0 Å². The van der Waals surface area contributed by atoms with Gasteiger partial charge in [0.25, 0.3) is 0 Å². The van der Waals surface area contributed by atoms with Gasteiger partial charge < -0.3 is 5.32 Å². The maximum absolute atomic E-state index is 4.15. The van der Waals surface area contributed by atoms with Crippen molar-refractivity contribution in [1.29, 1.82) is 0 Å². The van der Waals surface area contributed by atoms with E-state index in [0.29, 0.717) is 12.5 Å². The lowest BCUT2D eigenvalue weighted by Crippen LogP contribution is -2.36. The molecule has 0 aliphatic carbocycles. The van der Waals surface area contributed by atoms with E-state index in [1.165, 1.54) is 5.56 Å². The Balaban J connectivity index is 2.33. The van der Waals surface area contributed by atoms with Crippen LogP contribution in [0.1, 0.15) is 51.9 Å². The van der Waals surface area contributed by atoms with Crippen molar-refractivity contribution in [2.45, 2.75) is 52.6 Å². The van der Waals surface area contributed by atoms with E-state index in [2.05, 4.69) is 73.7 Å². The van der Waals surface area contributed by atoms with Crippen LogP contribution in [0.15, 0.2) is 24.3 Å². The zero-order valence-corrected chi connectivity index (χ0v) is 12.9. The second-order valence-electron chi connectivity index (χ2n) is 6.32. The monoisotopic (exact) mass is 273 g/mol. The highest BCUT2D eigenvalue weighted by Crippen LogP contribution is 2.22. The quantitative estimate of drug-likeness (QED) is 0.930. The molecule has 1 heterocycles. The summed E-state index contributed by atoms with van der Waals surface area (Å²) in [6, 6.07) is 8.26. The summed E-state index contributed by atoms with van der Waals surface area (Å²) in [6.07, 6.45) is 0. The molecule has 0 spiro atoms. The summed E-state index contributed by atoms with van der Waals surface area (Å²) < 4.78 is 1.83. The second-order valence-corrected chi connectivity index (χ2v) is 6.32. The first kappa shape index (κ1) is 14.7. The SMILES string of the molecule is CC(C)c1ccccc1-n1nnnc1CNC(C)(C)C. The van der Waals surface area contributed by atoms with Crippen molar-refractivity contribution in [3.05, 3.63) is 35.7 Å². The average molecular weight is 273 g/mol. The molecule has 0 fully saturated rings. The summed E-state index contributed by atoms with van der Waals surface area (Å²) in [7, 11) is 0. The summed E-state index contributed by atoms with van der Waals surface area (Å²) in [6.45, 7) is 11.4. The van der Waals surface area contributed by atoms with Crippen molar-refractivity contribution in [3.8, 4) is 5.69 Å². The molecule has 0 atom stereocenters. The van der Waals surface area contributed by atoms with Crippen LogP contribution in [0, 0.1) is 0 Å². The highest BCUT2D eigenvalue weighted by molar-refractivity contribution is 5.42. The molecule has 1 aromatic carbocycles. The summed E-state index contributed by atoms with van der Waals surface area (Å²) in [5.41, 5.74) is 2.34. The lowest BCUT2D eigenvalue weighted by molar-refractivity contribution is 0.415. The van der Waals surface area contributed by atoms with Crippen LogP contribution >= 0.6 is 0 Å². The Bertz CT molecular complexity index is 566. The van der Waals surface area contributed by atoms with Crippen LogP contribution in [0.4, 0.5) is 0 Å². The van der Waals surface area contributed by atoms with E-state index in [9.17, 15) is 0 Å². The number of hydrogen-bond acceptors (Lipinski definition) is 4. The van der Waals surface area contributed by atoms with Crippen molar-refractivity contribution < 1.29 is 0 Å². The summed E-state index contributed by atoms with van der Waals surface area (Å²) >= 11 is 0. The molecule has 0 saturated carbocycles. The molecule has 5 nitrogen and oxygen atoms in total. The number of hydrogen-bond donors (Lipinski definition) is 1. The van der Waals surface area contributed by atoms with Crippen molar-refractivity contribution in [3.63, 3.8) is 0 Å². The van der Waals surface area contributed by atoms with Crippen LogP contribution in [0.5, 0.6) is 0 Å². The van der Waals surface area contributed by atoms with Crippen LogP contribution < -0.4 is 5.32 Å². The van der Waals surface area contributed by atoms with E-state index in [-0.39, 0.29) is 5.54 Å². The van der Waals surface area contributed by atoms with E-state index in [1.807, 2.05) is 10.7 Å². The van der Waals surface area contributed by atoms with Crippen molar-refractivity contribution in [2.75, 3.05) is 0 Å². The van der Waals surface area contributed by atoms with E-state index in [1.54, 1.807) is 0 Å². The van der Waals surface area contributed by atoms with Gasteiger partial charge in [-0.25, -0.2) is 0 Å². The maximum atomic E-state index is 4.15. The van der Waals surface area contributed by atoms with Gasteiger partial charge in [0.05, 0.1) is 12.2 Å². The van der Waals surface area contributed by atoms with Gasteiger partial charge in [0.15, 0.2) is 5.82 Å². The third kappa shape index (κ3) is 3.42. The maximum Gasteiger partial charge on any atom is 0.170 e. The van der Waals surface area contributed by atoms with Gasteiger partial charge in [-0.05, 0) is 48.7 Å². The fraction of sp³-hybridized carbons (Fsp3) is 0.533. The number of rotatable bonds is 4. The average Bonchev–Trinajstić information content (AvgIpc) is 2.83. The number of tetrazole rings is 1. The molecule has 108 valence electrons. The zero-order valence-electron chi connectivity index (χ0n) is 12.9. The van der Waals surface area contributed by atoms with Gasteiger partial charge in [-0.3, -0.25) is 0 Å². The number of para-hydroxylation sites is 1. The topological polar surface area (TPSA) is 55.6 Å². The van der Waals surface area contributed by atoms with Crippen LogP contribution in [0.2, 0.25) is 0 Å². The lowest BCUT2D eigenvalue weighted by Gasteiger charge is -2.20. The van der Waals surface area contributed by atoms with Gasteiger partial charge in [0, 0.05) is 5.54 Å². The number of aromatic nitrogens is 4. The van der Waals surface area contributed by atoms with Crippen molar-refractivity contribution in [1.82, 2.24) is 25.5 Å². The van der Waals surface area contributed by atoms with E-state index in [0.717, 1.165) is 11.5 Å². The number of nitrogens with one attached hydrogen (secondary N) is 1. The van der Waals surface area contributed by atoms with Crippen molar-refractivity contribution in [2.24, 2.45) is 0 Å². The van der Waals surface area contributed by atoms with Gasteiger partial charge in [0.2, 0.25) is 0 Å². The molecule has 0 aliphatic heterocycles. The Morgan fingerprint density at radius 1 is 1.20 bits per heavy atom. The first-order valence-electron chi connectivity index (χ1n) is 7.00. The van der Waals surface area contributed by atoms with Gasteiger partial charge in [-0.15, -0.1) is 5.10 Å². The highest BCUT2D eigenvalue weighted by Gasteiger charge is 2.16. The molecule has 0 radical (unpaired) electrons. The smallest absolute Gasteiger partial charge is 0.170 e. The van der Waals surface area contributed by atoms with Crippen LogP contribution in [-0.2, 0) is 6.54 Å². The second kappa shape index (κ2) is 5.71. The summed E-state index contributed by atoms with van der Waals surface area (Å²) in [4.78, 5) is 0. The van der Waals surface area contributed by atoms with E-state index < -0.39 is 0 Å². The molecule has 0 saturated heterocycles. The van der Waals surface area contributed by atoms with Gasteiger partial charge in [-0.1, -0.05) is 32.0 Å². The third-order valence-electron chi connectivity index (χ3n) is 3.10. The van der Waals surface area contributed by atoms with E-state index >= 15 is 0 Å². The number of nitrogens with zero attached hydrogens (tertiary/aromatic N) is 4. The van der Waals surface area contributed by atoms with Crippen LogP contribution in [-0.4, -0.2) is 25.7 Å². The Hall–Kier alpha value is -1.75. The Morgan fingerprint density at radius 3 is 2.55 bits per heavy atom. The Kier molecular flexibility index (Phi) is 4.18. The highest BCUT2D eigenvalue weighted by atomic mass is 15.5. The minimum Gasteiger partial charge on any atom is -0.305 e. The largest absolute Gasteiger partial charge is 0.305 e. The molecule has 0 aliphatic rings. The molecule has 2 aromatic rings. The molecular weight excluding hydrogens is 250 g/mol. The van der Waals surface area contributed by atoms with E-state index in [4.69, 9.17) is 0 Å². The predicted molar refractivity (Wildman–Crippen MR) is 79.8 cm³/mol. The number of benzene rings is 1. The zero-order chi connectivity index (χ0) is 14.8. The lowest BCUT2D eigenvalue weighted by atomic mass is 10.0. The summed E-state index contributed by atoms with van der Waals surface area (Å²) in [5.74, 6) is 1.26. The molecule has 1 aromatic heterocycles. The van der Waals surface area contributed by atoms with Crippen molar-refractivity contribution >= 4 is 0 Å². The molecule has 2 rings (SSSR count). The first-order chi connectivity index (χ1) is 9.38. The van der Waals surface area contributed by atoms with Crippen LogP contribution in [0.25, 0.3) is 5.69 Å². The molecule has 0 unspecified atom stereocenters. The molecule has 1 N–H and O–H groups in total. The first-order valence-corrected chi connectivity index (χ1v) is 7.00. The molecule has 0 bridgehead atoms. The Labute approximate surface area is 120 Å². The molecule has 20 heavy (non-hydrogen) atoms. The van der Waals surface area contributed by atoms with Gasteiger partial charge >= 0.3 is 0 Å². The molecule has 5 heteroatoms. The standard InChI is InChI=1S/C15H23N5/c1-11(2)12-8-6-7-9-13(12)20-14(17-18-19-20)10-16-15(3,4)5/h6-9,11,16H,10H2,1-5H3. The van der Waals surface area contributed by atoms with Gasteiger partial charge in [0.1, 0.15) is 0 Å². The fourth-order valence-corrected chi connectivity index (χ4v) is 2.02. The third-order valence-corrected chi connectivity index (χ3v) is 3.10. The molecule has 0 amide bonds. The normalized spacial score (nSPS) is 12.1. The molecular formula is C15H23N5. The van der Waals surface area contributed by atoms with Gasteiger partial charge in [-0.2, -0.15) is 4.68 Å². The minimum atomic E-state index is 0.0361. The Morgan fingerprint density at radius 2 is 1.90 bits per heavy atom. The minimum absolute atomic E-state index is 0.0361.